The number of urea groups is 1. The van der Waals surface area contributed by atoms with E-state index in [1.165, 1.54) is 30.5 Å². The molecule has 0 bridgehead atoms. The molecule has 0 aliphatic heterocycles. The Balaban J connectivity index is 0.00000363. The number of benzene rings is 2. The van der Waals surface area contributed by atoms with Gasteiger partial charge in [-0.3, -0.25) is 4.72 Å². The van der Waals surface area contributed by atoms with Crippen molar-refractivity contribution < 1.29 is 48.4 Å². The molecule has 0 aliphatic carbocycles. The normalized spacial score (nSPS) is 11.2. The van der Waals surface area contributed by atoms with Gasteiger partial charge in [0.1, 0.15) is 5.82 Å². The molecule has 0 atom stereocenters. The minimum atomic E-state index is -4.22. The Hall–Kier alpha value is -2.84. The van der Waals surface area contributed by atoms with Gasteiger partial charge in [0.2, 0.25) is 10.0 Å². The fourth-order valence-electron chi connectivity index (χ4n) is 2.30. The average Bonchev–Trinajstić information content (AvgIpc) is 2.68. The summed E-state index contributed by atoms with van der Waals surface area (Å²) in [5.41, 5.74) is 0.669. The summed E-state index contributed by atoms with van der Waals surface area (Å²) in [6, 6.07) is 9.27. The van der Waals surface area contributed by atoms with Crippen LogP contribution in [0, 0.1) is 12.7 Å². The van der Waals surface area contributed by atoms with Gasteiger partial charge in [-0.15, -0.1) is 0 Å². The molecule has 1 heterocycles. The van der Waals surface area contributed by atoms with E-state index < -0.39 is 31.9 Å². The summed E-state index contributed by atoms with van der Waals surface area (Å²) in [7, 11) is -8.32. The number of anilines is 1. The number of nitrogens with zero attached hydrogens (tertiary/aromatic N) is 3. The van der Waals surface area contributed by atoms with Gasteiger partial charge in [-0.1, -0.05) is 6.07 Å². The van der Waals surface area contributed by atoms with Crippen molar-refractivity contribution in [3.8, 4) is 0 Å². The summed E-state index contributed by atoms with van der Waals surface area (Å²) in [5, 5.41) is 2.26. The van der Waals surface area contributed by atoms with E-state index in [-0.39, 0.29) is 43.8 Å². The van der Waals surface area contributed by atoms with Crippen molar-refractivity contribution in [1.82, 2.24) is 14.7 Å². The average molecular weight is 572 g/mol. The van der Waals surface area contributed by atoms with Gasteiger partial charge in [0.05, 0.1) is 9.79 Å². The topological polar surface area (TPSA) is 149 Å². The number of carbonyl (C=O) groups excluding carboxylic acids is 1. The smallest absolute Gasteiger partial charge is 0.366 e. The Kier molecular flexibility index (Phi) is 8.09. The Morgan fingerprint density at radius 3 is 2.12 bits per heavy atom. The summed E-state index contributed by atoms with van der Waals surface area (Å²) >= 11 is 0. The first-order valence-corrected chi connectivity index (χ1v) is 11.4. The van der Waals surface area contributed by atoms with Crippen LogP contribution in [0.4, 0.5) is 20.8 Å². The van der Waals surface area contributed by atoms with Gasteiger partial charge in [0.25, 0.3) is 10.0 Å². The van der Waals surface area contributed by atoms with Gasteiger partial charge >= 0.3 is 28.4 Å². The molecular weight excluding hydrogens is 557 g/mol. The van der Waals surface area contributed by atoms with Crippen LogP contribution in [0.1, 0.15) is 5.69 Å². The predicted molar refractivity (Wildman–Crippen MR) is 109 cm³/mol. The summed E-state index contributed by atoms with van der Waals surface area (Å²) in [5.74, 6) is -0.841. The van der Waals surface area contributed by atoms with Crippen LogP contribution in [0.3, 0.4) is 0 Å². The maximum Gasteiger partial charge on any atom is 1.00 e. The first kappa shape index (κ1) is 25.4. The number of hydrogen-bond acceptors (Lipinski definition) is 7. The second kappa shape index (κ2) is 10.2. The standard InChI is InChI=1S/C18H16FN5O5S2.Ag/c1-12-10-11-20-17(21-12)23-30(26,27)16-8-4-14(5-9-16)22-18(25)24-31(28,29)15-6-2-13(19)3-7-15;/h2-11H,1H3,(H3,20,21,22,23,24,25);/q;+1/p-1. The Morgan fingerprint density at radius 2 is 1.53 bits per heavy atom. The van der Waals surface area contributed by atoms with Gasteiger partial charge in [0.15, 0.2) is 0 Å². The molecule has 32 heavy (non-hydrogen) atoms. The fraction of sp³-hybridized carbons (Fsp3) is 0.0556. The Morgan fingerprint density at radius 1 is 0.938 bits per heavy atom. The molecule has 14 heteroatoms. The first-order valence-electron chi connectivity index (χ1n) is 8.52. The SMILES string of the molecule is Cc1ccnc([N-]S(=O)(=O)c2ccc(NC(=O)NS(=O)(=O)c3ccc(F)cc3)cc2)n1.[Ag+]. The van der Waals surface area contributed by atoms with Gasteiger partial charge in [-0.2, -0.15) is 0 Å². The van der Waals surface area contributed by atoms with Gasteiger partial charge in [-0.25, -0.2) is 30.7 Å². The minimum Gasteiger partial charge on any atom is -0.366 e. The molecule has 0 unspecified atom stereocenters. The molecule has 2 N–H and O–H groups in total. The van der Waals surface area contributed by atoms with Crippen LogP contribution in [0.25, 0.3) is 4.72 Å². The monoisotopic (exact) mass is 571 g/mol. The second-order valence-corrected chi connectivity index (χ2v) is 9.39. The molecular formula is C18H15AgFN5O5S2. The van der Waals surface area contributed by atoms with Crippen molar-refractivity contribution in [1.29, 1.82) is 0 Å². The van der Waals surface area contributed by atoms with Crippen molar-refractivity contribution in [2.24, 2.45) is 0 Å². The molecule has 0 saturated heterocycles. The number of halogens is 1. The van der Waals surface area contributed by atoms with Crippen LogP contribution >= 0.6 is 0 Å². The van der Waals surface area contributed by atoms with Crippen molar-refractivity contribution in [3.05, 3.63) is 77.0 Å². The number of sulfonamides is 2. The van der Waals surface area contributed by atoms with Crippen molar-refractivity contribution in [2.75, 3.05) is 5.32 Å². The largest absolute Gasteiger partial charge is 1.00 e. The zero-order chi connectivity index (χ0) is 22.6. The van der Waals surface area contributed by atoms with E-state index in [1.54, 1.807) is 17.7 Å². The molecule has 2 aromatic carbocycles. The van der Waals surface area contributed by atoms with Crippen LogP contribution in [0.2, 0.25) is 0 Å². The molecule has 0 radical (unpaired) electrons. The van der Waals surface area contributed by atoms with Crippen LogP contribution in [0.15, 0.2) is 70.6 Å². The Labute approximate surface area is 199 Å². The molecule has 0 fully saturated rings. The quantitative estimate of drug-likeness (QED) is 0.432. The number of aromatic nitrogens is 2. The maximum absolute atomic E-state index is 12.9. The van der Waals surface area contributed by atoms with E-state index in [0.717, 1.165) is 24.3 Å². The van der Waals surface area contributed by atoms with Gasteiger partial charge in [-0.05, 0) is 67.3 Å². The number of rotatable bonds is 6. The molecule has 10 nitrogen and oxygen atoms in total. The zero-order valence-electron chi connectivity index (χ0n) is 16.2. The number of carbonyl (C=O) groups is 1. The molecule has 1 aromatic heterocycles. The third-order valence-electron chi connectivity index (χ3n) is 3.74. The van der Waals surface area contributed by atoms with E-state index in [9.17, 15) is 26.0 Å². The summed E-state index contributed by atoms with van der Waals surface area (Å²) < 4.78 is 67.2. The Bertz CT molecular complexity index is 1320. The molecule has 0 spiro atoms. The molecule has 172 valence electrons. The van der Waals surface area contributed by atoms with Crippen molar-refractivity contribution >= 4 is 37.7 Å². The summed E-state index contributed by atoms with van der Waals surface area (Å²) in [4.78, 5) is 19.2. The zero-order valence-corrected chi connectivity index (χ0v) is 19.3. The van der Waals surface area contributed by atoms with E-state index in [2.05, 4.69) is 20.0 Å². The summed E-state index contributed by atoms with van der Waals surface area (Å²) in [6.07, 6.45) is 1.38. The third-order valence-corrected chi connectivity index (χ3v) is 6.36. The number of aryl methyl sites for hydroxylation is 1. The maximum atomic E-state index is 12.9. The molecule has 3 aromatic rings. The van der Waals surface area contributed by atoms with Crippen LogP contribution in [-0.2, 0) is 42.4 Å². The van der Waals surface area contributed by atoms with Crippen LogP contribution in [-0.4, -0.2) is 32.8 Å². The molecule has 3 rings (SSSR count). The predicted octanol–water partition coefficient (Wildman–Crippen LogP) is 2.83. The first-order chi connectivity index (χ1) is 14.5. The van der Waals surface area contributed by atoms with E-state index in [0.29, 0.717) is 5.69 Å². The van der Waals surface area contributed by atoms with E-state index in [1.807, 2.05) is 0 Å². The number of hydrogen-bond donors (Lipinski definition) is 2. The molecule has 0 saturated carbocycles. The molecule has 0 aliphatic rings. The fourth-order valence-corrected chi connectivity index (χ4v) is 4.10. The third kappa shape index (κ3) is 6.58. The second-order valence-electron chi connectivity index (χ2n) is 6.10. The number of nitrogens with one attached hydrogen (secondary N) is 2. The van der Waals surface area contributed by atoms with E-state index in [4.69, 9.17) is 0 Å². The van der Waals surface area contributed by atoms with E-state index >= 15 is 0 Å². The van der Waals surface area contributed by atoms with Crippen LogP contribution < -0.4 is 10.0 Å². The van der Waals surface area contributed by atoms with Crippen molar-refractivity contribution in [2.45, 2.75) is 16.7 Å². The van der Waals surface area contributed by atoms with Crippen molar-refractivity contribution in [3.63, 3.8) is 0 Å². The number of amides is 2. The van der Waals surface area contributed by atoms with Crippen LogP contribution in [0.5, 0.6) is 0 Å². The molecule has 2 amide bonds. The summed E-state index contributed by atoms with van der Waals surface area (Å²) in [6.45, 7) is 1.66. The van der Waals surface area contributed by atoms with Gasteiger partial charge in [0, 0.05) is 11.6 Å². The minimum absolute atomic E-state index is 0. The van der Waals surface area contributed by atoms with Gasteiger partial charge < -0.3 is 15.3 Å².